The second-order valence-corrected chi connectivity index (χ2v) is 7.90. The smallest absolute Gasteiger partial charge is 0.0223 e. The second kappa shape index (κ2) is 7.43. The molecule has 2 atom stereocenters. The molecule has 0 bridgehead atoms. The summed E-state index contributed by atoms with van der Waals surface area (Å²) in [6.45, 7) is 11.2. The van der Waals surface area contributed by atoms with Crippen LogP contribution in [0.5, 0.6) is 0 Å². The molecule has 0 aromatic heterocycles. The van der Waals surface area contributed by atoms with Crippen molar-refractivity contribution in [2.24, 2.45) is 5.92 Å². The van der Waals surface area contributed by atoms with E-state index in [9.17, 15) is 0 Å². The zero-order valence-electron chi connectivity index (χ0n) is 14.2. The zero-order chi connectivity index (χ0) is 14.7. The third kappa shape index (κ3) is 4.20. The average molecular weight is 293 g/mol. The zero-order valence-corrected chi connectivity index (χ0v) is 14.2. The first-order valence-corrected chi connectivity index (χ1v) is 9.44. The Hall–Kier alpha value is -0.120. The Morgan fingerprint density at radius 1 is 0.952 bits per heavy atom. The topological polar surface area (TPSA) is 18.5 Å². The largest absolute Gasteiger partial charge is 0.313 e. The first kappa shape index (κ1) is 15.8. The summed E-state index contributed by atoms with van der Waals surface area (Å²) in [6.07, 6.45) is 9.94. The van der Waals surface area contributed by atoms with E-state index in [4.69, 9.17) is 0 Å². The average Bonchev–Trinajstić information content (AvgIpc) is 2.50. The Labute approximate surface area is 131 Å². The molecule has 1 saturated carbocycles. The van der Waals surface area contributed by atoms with Crippen LogP contribution in [0.25, 0.3) is 0 Å². The van der Waals surface area contributed by atoms with Crippen molar-refractivity contribution in [2.75, 3.05) is 32.7 Å². The maximum Gasteiger partial charge on any atom is 0.0223 e. The molecular weight excluding hydrogens is 258 g/mol. The fourth-order valence-corrected chi connectivity index (χ4v) is 4.60. The second-order valence-electron chi connectivity index (χ2n) is 7.90. The minimum atomic E-state index is 0.743. The Balaban J connectivity index is 1.38. The van der Waals surface area contributed by atoms with Crippen LogP contribution in [-0.4, -0.2) is 60.6 Å². The number of hydrogen-bond acceptors (Lipinski definition) is 3. The van der Waals surface area contributed by atoms with Gasteiger partial charge in [0.1, 0.15) is 0 Å². The highest BCUT2D eigenvalue weighted by Crippen LogP contribution is 2.25. The molecule has 2 heterocycles. The van der Waals surface area contributed by atoms with E-state index < -0.39 is 0 Å². The van der Waals surface area contributed by atoms with Crippen molar-refractivity contribution in [3.63, 3.8) is 0 Å². The van der Waals surface area contributed by atoms with Gasteiger partial charge in [0.25, 0.3) is 0 Å². The van der Waals surface area contributed by atoms with Crippen LogP contribution >= 0.6 is 0 Å². The van der Waals surface area contributed by atoms with Gasteiger partial charge in [0.15, 0.2) is 0 Å². The molecule has 2 saturated heterocycles. The van der Waals surface area contributed by atoms with Crippen molar-refractivity contribution in [1.29, 1.82) is 0 Å². The van der Waals surface area contributed by atoms with Crippen molar-refractivity contribution in [3.05, 3.63) is 0 Å². The van der Waals surface area contributed by atoms with Gasteiger partial charge in [-0.3, -0.25) is 9.80 Å². The lowest BCUT2D eigenvalue weighted by Gasteiger charge is -2.47. The summed E-state index contributed by atoms with van der Waals surface area (Å²) < 4.78 is 0. The van der Waals surface area contributed by atoms with Crippen molar-refractivity contribution in [1.82, 2.24) is 15.1 Å². The van der Waals surface area contributed by atoms with Gasteiger partial charge in [-0.25, -0.2) is 0 Å². The van der Waals surface area contributed by atoms with E-state index in [1.165, 1.54) is 77.7 Å². The lowest BCUT2D eigenvalue weighted by molar-refractivity contribution is 0.0155. The summed E-state index contributed by atoms with van der Waals surface area (Å²) in [5.74, 6) is 0.961. The fourth-order valence-electron chi connectivity index (χ4n) is 4.60. The lowest BCUT2D eigenvalue weighted by atomic mass is 9.87. The minimum absolute atomic E-state index is 0.743. The molecule has 1 N–H and O–H groups in total. The van der Waals surface area contributed by atoms with Crippen molar-refractivity contribution in [2.45, 2.75) is 76.9 Å². The number of nitrogens with one attached hydrogen (secondary N) is 1. The standard InChI is InChI=1S/C18H35N3/c1-15-6-8-17(9-7-15)19-10-12-20-14-18-5-3-4-11-21(18)13-16(20)2/h15-19H,3-14H2,1-2H3. The first-order chi connectivity index (χ1) is 10.2. The van der Waals surface area contributed by atoms with Gasteiger partial charge in [-0.15, -0.1) is 0 Å². The maximum atomic E-state index is 3.83. The molecule has 0 aromatic rings. The van der Waals surface area contributed by atoms with E-state index in [1.807, 2.05) is 0 Å². The molecule has 3 fully saturated rings. The predicted octanol–water partition coefficient (Wildman–Crippen LogP) is 2.71. The number of hydrogen-bond donors (Lipinski definition) is 1. The summed E-state index contributed by atoms with van der Waals surface area (Å²) in [6, 6.07) is 2.39. The van der Waals surface area contributed by atoms with Crippen LogP contribution in [0.2, 0.25) is 0 Å². The molecule has 2 aliphatic heterocycles. The van der Waals surface area contributed by atoms with Crippen LogP contribution < -0.4 is 5.32 Å². The van der Waals surface area contributed by atoms with E-state index in [2.05, 4.69) is 29.0 Å². The summed E-state index contributed by atoms with van der Waals surface area (Å²) in [5, 5.41) is 3.83. The fraction of sp³-hybridized carbons (Fsp3) is 1.00. The molecule has 2 unspecified atom stereocenters. The summed E-state index contributed by atoms with van der Waals surface area (Å²) in [4.78, 5) is 5.49. The van der Waals surface area contributed by atoms with Crippen molar-refractivity contribution < 1.29 is 0 Å². The van der Waals surface area contributed by atoms with Gasteiger partial charge in [0.2, 0.25) is 0 Å². The summed E-state index contributed by atoms with van der Waals surface area (Å²) >= 11 is 0. The number of fused-ring (bicyclic) bond motifs is 1. The van der Waals surface area contributed by atoms with Crippen LogP contribution in [0.15, 0.2) is 0 Å². The van der Waals surface area contributed by atoms with Gasteiger partial charge in [0.05, 0.1) is 0 Å². The molecule has 3 aliphatic rings. The predicted molar refractivity (Wildman–Crippen MR) is 89.7 cm³/mol. The Morgan fingerprint density at radius 3 is 2.57 bits per heavy atom. The van der Waals surface area contributed by atoms with E-state index in [0.717, 1.165) is 24.0 Å². The van der Waals surface area contributed by atoms with Gasteiger partial charge in [-0.2, -0.15) is 0 Å². The van der Waals surface area contributed by atoms with Gasteiger partial charge in [-0.05, 0) is 57.9 Å². The Morgan fingerprint density at radius 2 is 1.76 bits per heavy atom. The normalized spacial score (nSPS) is 39.1. The van der Waals surface area contributed by atoms with Crippen LogP contribution in [-0.2, 0) is 0 Å². The van der Waals surface area contributed by atoms with E-state index in [0.29, 0.717) is 0 Å². The van der Waals surface area contributed by atoms with Gasteiger partial charge >= 0.3 is 0 Å². The van der Waals surface area contributed by atoms with Crippen molar-refractivity contribution in [3.8, 4) is 0 Å². The molecule has 3 rings (SSSR count). The van der Waals surface area contributed by atoms with Crippen LogP contribution in [0.1, 0.15) is 58.8 Å². The summed E-state index contributed by atoms with van der Waals surface area (Å²) in [5.41, 5.74) is 0. The Kier molecular flexibility index (Phi) is 5.58. The van der Waals surface area contributed by atoms with Crippen LogP contribution in [0.4, 0.5) is 0 Å². The number of nitrogens with zero attached hydrogens (tertiary/aromatic N) is 2. The van der Waals surface area contributed by atoms with Gasteiger partial charge < -0.3 is 5.32 Å². The van der Waals surface area contributed by atoms with Gasteiger partial charge in [-0.1, -0.05) is 13.3 Å². The number of piperazine rings is 1. The summed E-state index contributed by atoms with van der Waals surface area (Å²) in [7, 11) is 0. The maximum absolute atomic E-state index is 3.83. The highest BCUT2D eigenvalue weighted by atomic mass is 15.3. The highest BCUT2D eigenvalue weighted by Gasteiger charge is 2.32. The molecule has 0 amide bonds. The molecule has 21 heavy (non-hydrogen) atoms. The van der Waals surface area contributed by atoms with Gasteiger partial charge in [0, 0.05) is 44.3 Å². The van der Waals surface area contributed by atoms with E-state index >= 15 is 0 Å². The molecule has 3 nitrogen and oxygen atoms in total. The highest BCUT2D eigenvalue weighted by molar-refractivity contribution is 4.89. The molecule has 0 radical (unpaired) electrons. The lowest BCUT2D eigenvalue weighted by Crippen LogP contribution is -2.59. The monoisotopic (exact) mass is 293 g/mol. The number of rotatable bonds is 4. The van der Waals surface area contributed by atoms with Crippen LogP contribution in [0, 0.1) is 5.92 Å². The Bertz CT molecular complexity index is 312. The van der Waals surface area contributed by atoms with E-state index in [-0.39, 0.29) is 0 Å². The molecule has 3 heteroatoms. The molecule has 0 aromatic carbocycles. The molecule has 122 valence electrons. The number of piperidine rings is 1. The molecular formula is C18H35N3. The molecule has 1 aliphatic carbocycles. The van der Waals surface area contributed by atoms with Crippen LogP contribution in [0.3, 0.4) is 0 Å². The third-order valence-corrected chi connectivity index (χ3v) is 6.16. The SMILES string of the molecule is CC1CCC(NCCN2CC3CCCCN3CC2C)CC1. The minimum Gasteiger partial charge on any atom is -0.313 e. The first-order valence-electron chi connectivity index (χ1n) is 9.44. The van der Waals surface area contributed by atoms with Crippen molar-refractivity contribution >= 4 is 0 Å². The quantitative estimate of drug-likeness (QED) is 0.860. The van der Waals surface area contributed by atoms with E-state index in [1.54, 1.807) is 0 Å². The third-order valence-electron chi connectivity index (χ3n) is 6.16. The molecule has 0 spiro atoms.